The second-order valence-electron chi connectivity index (χ2n) is 4.06. The number of hydrogen-bond donors (Lipinski definition) is 1. The van der Waals surface area contributed by atoms with Crippen LogP contribution >= 0.6 is 0 Å². The summed E-state index contributed by atoms with van der Waals surface area (Å²) in [6.45, 7) is 6.12. The Bertz CT molecular complexity index is 400. The SMILES string of the molecule is CCNC(C#N)CCN(CC)c1ccccc1F. The predicted molar refractivity (Wildman–Crippen MR) is 72.0 cm³/mol. The van der Waals surface area contributed by atoms with Crippen molar-refractivity contribution in [3.8, 4) is 6.07 Å². The van der Waals surface area contributed by atoms with E-state index >= 15 is 0 Å². The number of halogens is 1. The lowest BCUT2D eigenvalue weighted by atomic mass is 10.2. The largest absolute Gasteiger partial charge is 0.369 e. The molecule has 0 aliphatic rings. The highest BCUT2D eigenvalue weighted by Crippen LogP contribution is 2.18. The van der Waals surface area contributed by atoms with E-state index in [9.17, 15) is 4.39 Å². The summed E-state index contributed by atoms with van der Waals surface area (Å²) in [4.78, 5) is 1.96. The zero-order valence-electron chi connectivity index (χ0n) is 11.0. The minimum Gasteiger partial charge on any atom is -0.369 e. The van der Waals surface area contributed by atoms with Crippen LogP contribution in [0.4, 0.5) is 10.1 Å². The fourth-order valence-electron chi connectivity index (χ4n) is 1.90. The monoisotopic (exact) mass is 249 g/mol. The van der Waals surface area contributed by atoms with E-state index in [4.69, 9.17) is 5.26 Å². The van der Waals surface area contributed by atoms with Crippen molar-refractivity contribution in [2.75, 3.05) is 24.5 Å². The van der Waals surface area contributed by atoms with Crippen LogP contribution in [-0.2, 0) is 0 Å². The normalized spacial score (nSPS) is 11.9. The zero-order chi connectivity index (χ0) is 13.4. The Morgan fingerprint density at radius 1 is 1.39 bits per heavy atom. The molecule has 0 aromatic heterocycles. The standard InChI is InChI=1S/C14H20FN3/c1-3-17-12(11-16)9-10-18(4-2)14-8-6-5-7-13(14)15/h5-8,12,17H,3-4,9-10H2,1-2H3. The van der Waals surface area contributed by atoms with Gasteiger partial charge in [0, 0.05) is 13.1 Å². The molecule has 0 spiro atoms. The third-order valence-corrected chi connectivity index (χ3v) is 2.87. The van der Waals surface area contributed by atoms with E-state index in [1.54, 1.807) is 12.1 Å². The number of hydrogen-bond acceptors (Lipinski definition) is 3. The first-order valence-corrected chi connectivity index (χ1v) is 6.35. The Hall–Kier alpha value is -1.60. The quantitative estimate of drug-likeness (QED) is 0.807. The summed E-state index contributed by atoms with van der Waals surface area (Å²) in [6.07, 6.45) is 0.687. The van der Waals surface area contributed by atoms with Gasteiger partial charge in [-0.25, -0.2) is 4.39 Å². The maximum absolute atomic E-state index is 13.7. The van der Waals surface area contributed by atoms with E-state index in [-0.39, 0.29) is 11.9 Å². The van der Waals surface area contributed by atoms with E-state index < -0.39 is 0 Å². The van der Waals surface area contributed by atoms with E-state index in [1.807, 2.05) is 24.8 Å². The van der Waals surface area contributed by atoms with Crippen molar-refractivity contribution < 1.29 is 4.39 Å². The lowest BCUT2D eigenvalue weighted by molar-refractivity contribution is 0.567. The van der Waals surface area contributed by atoms with Crippen LogP contribution in [0.5, 0.6) is 0 Å². The molecule has 0 amide bonds. The summed E-state index contributed by atoms with van der Waals surface area (Å²) in [7, 11) is 0. The molecule has 0 radical (unpaired) electrons. The summed E-state index contributed by atoms with van der Waals surface area (Å²) in [5.74, 6) is -0.212. The first-order valence-electron chi connectivity index (χ1n) is 6.35. The highest BCUT2D eigenvalue weighted by molar-refractivity contribution is 5.47. The average Bonchev–Trinajstić information content (AvgIpc) is 2.40. The second-order valence-corrected chi connectivity index (χ2v) is 4.06. The van der Waals surface area contributed by atoms with Gasteiger partial charge in [-0.15, -0.1) is 0 Å². The molecule has 98 valence electrons. The molecule has 1 unspecified atom stereocenters. The van der Waals surface area contributed by atoms with Gasteiger partial charge >= 0.3 is 0 Å². The molecule has 0 fully saturated rings. The molecular weight excluding hydrogens is 229 g/mol. The number of rotatable bonds is 7. The molecule has 3 nitrogen and oxygen atoms in total. The lowest BCUT2D eigenvalue weighted by Crippen LogP contribution is -2.33. The van der Waals surface area contributed by atoms with Crippen LogP contribution in [0.1, 0.15) is 20.3 Å². The number of para-hydroxylation sites is 1. The molecule has 0 aliphatic carbocycles. The molecule has 0 heterocycles. The Balaban J connectivity index is 2.63. The molecule has 1 rings (SSSR count). The number of nitrogens with one attached hydrogen (secondary N) is 1. The topological polar surface area (TPSA) is 39.1 Å². The molecule has 1 atom stereocenters. The van der Waals surface area contributed by atoms with Crippen molar-refractivity contribution in [1.29, 1.82) is 5.26 Å². The summed E-state index contributed by atoms with van der Waals surface area (Å²) in [5, 5.41) is 12.1. The van der Waals surface area contributed by atoms with E-state index in [1.165, 1.54) is 6.07 Å². The Kier molecular flexibility index (Phi) is 6.16. The van der Waals surface area contributed by atoms with Crippen LogP contribution in [0.3, 0.4) is 0 Å². The Morgan fingerprint density at radius 2 is 2.11 bits per heavy atom. The summed E-state index contributed by atoms with van der Waals surface area (Å²) >= 11 is 0. The molecular formula is C14H20FN3. The van der Waals surface area contributed by atoms with E-state index in [2.05, 4.69) is 11.4 Å². The fraction of sp³-hybridized carbons (Fsp3) is 0.500. The number of nitrogens with zero attached hydrogens (tertiary/aromatic N) is 2. The second kappa shape index (κ2) is 7.67. The molecule has 1 aromatic rings. The summed E-state index contributed by atoms with van der Waals surface area (Å²) < 4.78 is 13.7. The van der Waals surface area contributed by atoms with Gasteiger partial charge in [-0.05, 0) is 32.0 Å². The van der Waals surface area contributed by atoms with E-state index in [0.29, 0.717) is 18.7 Å². The molecule has 0 aliphatic heterocycles. The van der Waals surface area contributed by atoms with Crippen LogP contribution in [0.15, 0.2) is 24.3 Å². The van der Waals surface area contributed by atoms with Crippen LogP contribution in [0, 0.1) is 17.1 Å². The van der Waals surface area contributed by atoms with Crippen molar-refractivity contribution in [3.63, 3.8) is 0 Å². The van der Waals surface area contributed by atoms with Crippen molar-refractivity contribution in [2.24, 2.45) is 0 Å². The number of anilines is 1. The lowest BCUT2D eigenvalue weighted by Gasteiger charge is -2.24. The molecule has 18 heavy (non-hydrogen) atoms. The third kappa shape index (κ3) is 4.01. The Labute approximate surface area is 108 Å². The van der Waals surface area contributed by atoms with Crippen LogP contribution in [-0.4, -0.2) is 25.7 Å². The molecule has 0 bridgehead atoms. The third-order valence-electron chi connectivity index (χ3n) is 2.87. The van der Waals surface area contributed by atoms with Gasteiger partial charge in [0.15, 0.2) is 0 Å². The fourth-order valence-corrected chi connectivity index (χ4v) is 1.90. The number of benzene rings is 1. The van der Waals surface area contributed by atoms with Gasteiger partial charge in [-0.1, -0.05) is 19.1 Å². The van der Waals surface area contributed by atoms with Gasteiger partial charge in [0.05, 0.1) is 17.8 Å². The minimum atomic E-state index is -0.212. The first-order chi connectivity index (χ1) is 8.72. The smallest absolute Gasteiger partial charge is 0.146 e. The molecule has 4 heteroatoms. The van der Waals surface area contributed by atoms with Gasteiger partial charge in [-0.2, -0.15) is 5.26 Å². The molecule has 0 saturated carbocycles. The summed E-state index contributed by atoms with van der Waals surface area (Å²) in [5.41, 5.74) is 0.605. The maximum atomic E-state index is 13.7. The van der Waals surface area contributed by atoms with Crippen LogP contribution in [0.2, 0.25) is 0 Å². The Morgan fingerprint density at radius 3 is 2.67 bits per heavy atom. The highest BCUT2D eigenvalue weighted by Gasteiger charge is 2.12. The molecule has 1 N–H and O–H groups in total. The molecule has 1 aromatic carbocycles. The zero-order valence-corrected chi connectivity index (χ0v) is 11.0. The predicted octanol–water partition coefficient (Wildman–Crippen LogP) is 2.54. The van der Waals surface area contributed by atoms with Gasteiger partial charge in [0.2, 0.25) is 0 Å². The van der Waals surface area contributed by atoms with Gasteiger partial charge in [0.1, 0.15) is 5.82 Å². The van der Waals surface area contributed by atoms with Gasteiger partial charge in [0.25, 0.3) is 0 Å². The van der Waals surface area contributed by atoms with Crippen molar-refractivity contribution in [3.05, 3.63) is 30.1 Å². The minimum absolute atomic E-state index is 0.171. The van der Waals surface area contributed by atoms with Crippen molar-refractivity contribution in [1.82, 2.24) is 5.32 Å². The van der Waals surface area contributed by atoms with Crippen LogP contribution in [0.25, 0.3) is 0 Å². The average molecular weight is 249 g/mol. The summed E-state index contributed by atoms with van der Waals surface area (Å²) in [6, 6.07) is 8.79. The van der Waals surface area contributed by atoms with Gasteiger partial charge < -0.3 is 10.2 Å². The van der Waals surface area contributed by atoms with Crippen molar-refractivity contribution in [2.45, 2.75) is 26.3 Å². The first kappa shape index (κ1) is 14.5. The van der Waals surface area contributed by atoms with Gasteiger partial charge in [-0.3, -0.25) is 0 Å². The number of nitriles is 1. The van der Waals surface area contributed by atoms with E-state index in [0.717, 1.165) is 13.1 Å². The van der Waals surface area contributed by atoms with Crippen molar-refractivity contribution >= 4 is 5.69 Å². The highest BCUT2D eigenvalue weighted by atomic mass is 19.1. The van der Waals surface area contributed by atoms with Crippen LogP contribution < -0.4 is 10.2 Å². The maximum Gasteiger partial charge on any atom is 0.146 e. The molecule has 0 saturated heterocycles.